The molecule has 1 aromatic rings. The van der Waals surface area contributed by atoms with Crippen LogP contribution in [0, 0.1) is 0 Å². The molecule has 0 saturated carbocycles. The highest BCUT2D eigenvalue weighted by Gasteiger charge is 2.42. The van der Waals surface area contributed by atoms with Gasteiger partial charge in [0.1, 0.15) is 17.1 Å². The van der Waals surface area contributed by atoms with E-state index < -0.39 is 0 Å². The van der Waals surface area contributed by atoms with E-state index in [2.05, 4.69) is 28.0 Å². The molecule has 23 heavy (non-hydrogen) atoms. The zero-order valence-corrected chi connectivity index (χ0v) is 14.2. The molecule has 4 heteroatoms. The third-order valence-electron chi connectivity index (χ3n) is 5.69. The fourth-order valence-electron chi connectivity index (χ4n) is 4.43. The lowest BCUT2D eigenvalue weighted by atomic mass is 9.94. The van der Waals surface area contributed by atoms with Gasteiger partial charge in [0.2, 0.25) is 0 Å². The molecule has 4 nitrogen and oxygen atoms in total. The van der Waals surface area contributed by atoms with E-state index in [9.17, 15) is 0 Å². The summed E-state index contributed by atoms with van der Waals surface area (Å²) in [5, 5.41) is 0. The van der Waals surface area contributed by atoms with Gasteiger partial charge in [0, 0.05) is 37.7 Å². The van der Waals surface area contributed by atoms with Gasteiger partial charge in [-0.1, -0.05) is 6.07 Å². The molecule has 1 aromatic carbocycles. The van der Waals surface area contributed by atoms with Crippen molar-refractivity contribution in [1.29, 1.82) is 0 Å². The molecule has 0 aliphatic carbocycles. The minimum atomic E-state index is 0.0414. The van der Waals surface area contributed by atoms with E-state index in [-0.39, 0.29) is 5.60 Å². The van der Waals surface area contributed by atoms with E-state index in [0.29, 0.717) is 0 Å². The number of hydrogen-bond acceptors (Lipinski definition) is 4. The van der Waals surface area contributed by atoms with Crippen molar-refractivity contribution >= 4 is 0 Å². The van der Waals surface area contributed by atoms with Crippen LogP contribution >= 0.6 is 0 Å². The Balaban J connectivity index is 1.48. The maximum absolute atomic E-state index is 6.47. The Labute approximate surface area is 139 Å². The lowest BCUT2D eigenvalue weighted by Crippen LogP contribution is -2.43. The van der Waals surface area contributed by atoms with Crippen LogP contribution in [0.4, 0.5) is 0 Å². The Morgan fingerprint density at radius 2 is 1.91 bits per heavy atom. The number of fused-ring (bicyclic) bond motifs is 2. The monoisotopic (exact) mass is 316 g/mol. The number of hydrogen-bond donors (Lipinski definition) is 0. The van der Waals surface area contributed by atoms with Crippen molar-refractivity contribution in [1.82, 2.24) is 9.80 Å². The van der Waals surface area contributed by atoms with Crippen molar-refractivity contribution in [3.63, 3.8) is 0 Å². The quantitative estimate of drug-likeness (QED) is 0.834. The second-order valence-corrected chi connectivity index (χ2v) is 7.37. The highest BCUT2D eigenvalue weighted by Crippen LogP contribution is 2.37. The minimum Gasteiger partial charge on any atom is -0.496 e. The summed E-state index contributed by atoms with van der Waals surface area (Å²) in [5.41, 5.74) is 1.32. The zero-order valence-electron chi connectivity index (χ0n) is 14.2. The zero-order chi connectivity index (χ0) is 15.7. The molecule has 0 amide bonds. The maximum atomic E-state index is 6.47. The first-order valence-corrected chi connectivity index (χ1v) is 9.07. The Hall–Kier alpha value is -1.26. The molecule has 2 atom stereocenters. The number of benzene rings is 1. The highest BCUT2D eigenvalue weighted by atomic mass is 16.5. The normalized spacial score (nSPS) is 30.6. The van der Waals surface area contributed by atoms with Crippen LogP contribution in [-0.4, -0.2) is 55.2 Å². The summed E-state index contributed by atoms with van der Waals surface area (Å²) >= 11 is 0. The average Bonchev–Trinajstić information content (AvgIpc) is 3.17. The van der Waals surface area contributed by atoms with Gasteiger partial charge in [0.25, 0.3) is 0 Å². The average molecular weight is 316 g/mol. The van der Waals surface area contributed by atoms with Crippen LogP contribution in [-0.2, 0) is 6.54 Å². The van der Waals surface area contributed by atoms with Crippen molar-refractivity contribution in [3.05, 3.63) is 23.8 Å². The lowest BCUT2D eigenvalue weighted by molar-refractivity contribution is 0.0451. The van der Waals surface area contributed by atoms with Gasteiger partial charge in [-0.15, -0.1) is 0 Å². The third kappa shape index (κ3) is 3.20. The van der Waals surface area contributed by atoms with Crippen LogP contribution in [0.15, 0.2) is 18.2 Å². The Morgan fingerprint density at radius 3 is 2.74 bits per heavy atom. The molecule has 0 aromatic heterocycles. The highest BCUT2D eigenvalue weighted by molar-refractivity contribution is 5.41. The standard InChI is InChI=1S/C19H28N2O2/c1-22-18-13-17(6-5-16(18)14-20-9-2-3-10-20)23-19-7-4-11-21(15-19)12-8-19/h5-6,13H,2-4,7-12,14-15H2,1H3/t19-/m1/s1. The molecule has 3 fully saturated rings. The lowest BCUT2D eigenvalue weighted by Gasteiger charge is -2.34. The Bertz CT molecular complexity index is 552. The first kappa shape index (κ1) is 15.3. The molecular weight excluding hydrogens is 288 g/mol. The van der Waals surface area contributed by atoms with E-state index in [1.807, 2.05) is 0 Å². The summed E-state index contributed by atoms with van der Waals surface area (Å²) in [7, 11) is 1.77. The van der Waals surface area contributed by atoms with Gasteiger partial charge in [-0.05, 0) is 51.4 Å². The number of methoxy groups -OCH3 is 1. The van der Waals surface area contributed by atoms with Crippen LogP contribution in [0.1, 0.15) is 37.7 Å². The summed E-state index contributed by atoms with van der Waals surface area (Å²) in [6.45, 7) is 6.92. The minimum absolute atomic E-state index is 0.0414. The first-order valence-electron chi connectivity index (χ1n) is 9.07. The van der Waals surface area contributed by atoms with Crippen LogP contribution in [0.2, 0.25) is 0 Å². The van der Waals surface area contributed by atoms with Gasteiger partial charge >= 0.3 is 0 Å². The van der Waals surface area contributed by atoms with E-state index in [0.717, 1.165) is 31.0 Å². The van der Waals surface area contributed by atoms with Crippen LogP contribution in [0.25, 0.3) is 0 Å². The van der Waals surface area contributed by atoms with Gasteiger partial charge < -0.3 is 9.47 Å². The molecular formula is C19H28N2O2. The van der Waals surface area contributed by atoms with Crippen LogP contribution in [0.5, 0.6) is 11.5 Å². The van der Waals surface area contributed by atoms with Gasteiger partial charge in [-0.25, -0.2) is 0 Å². The number of likely N-dealkylation sites (tertiary alicyclic amines) is 1. The van der Waals surface area contributed by atoms with Crippen molar-refractivity contribution < 1.29 is 9.47 Å². The van der Waals surface area contributed by atoms with E-state index in [4.69, 9.17) is 9.47 Å². The van der Waals surface area contributed by atoms with Crippen molar-refractivity contribution in [2.75, 3.05) is 39.8 Å². The second-order valence-electron chi connectivity index (χ2n) is 7.37. The largest absolute Gasteiger partial charge is 0.496 e. The Kier molecular flexibility index (Phi) is 4.20. The maximum Gasteiger partial charge on any atom is 0.127 e. The molecule has 3 saturated heterocycles. The molecule has 3 aliphatic rings. The van der Waals surface area contributed by atoms with E-state index in [1.54, 1.807) is 7.11 Å². The predicted octanol–water partition coefficient (Wildman–Crippen LogP) is 2.91. The fourth-order valence-corrected chi connectivity index (χ4v) is 4.43. The predicted molar refractivity (Wildman–Crippen MR) is 91.2 cm³/mol. The van der Waals surface area contributed by atoms with E-state index >= 15 is 0 Å². The van der Waals surface area contributed by atoms with Crippen molar-refractivity contribution in [2.24, 2.45) is 0 Å². The summed E-state index contributed by atoms with van der Waals surface area (Å²) in [4.78, 5) is 5.04. The summed E-state index contributed by atoms with van der Waals surface area (Å²) in [5.74, 6) is 1.94. The SMILES string of the molecule is COc1cc(O[C@]23CCCN(CC2)C3)ccc1CN1CCCC1. The molecule has 0 spiro atoms. The molecule has 4 rings (SSSR count). The number of nitrogens with zero attached hydrogens (tertiary/aromatic N) is 2. The van der Waals surface area contributed by atoms with Gasteiger partial charge in [0.15, 0.2) is 0 Å². The van der Waals surface area contributed by atoms with Crippen molar-refractivity contribution in [2.45, 2.75) is 44.2 Å². The smallest absolute Gasteiger partial charge is 0.127 e. The molecule has 126 valence electrons. The molecule has 2 bridgehead atoms. The summed E-state index contributed by atoms with van der Waals surface area (Å²) in [6, 6.07) is 6.43. The molecule has 3 heterocycles. The number of rotatable bonds is 5. The van der Waals surface area contributed by atoms with Gasteiger partial charge in [-0.3, -0.25) is 9.80 Å². The fraction of sp³-hybridized carbons (Fsp3) is 0.684. The summed E-state index contributed by atoms with van der Waals surface area (Å²) < 4.78 is 12.1. The third-order valence-corrected chi connectivity index (χ3v) is 5.69. The van der Waals surface area contributed by atoms with E-state index in [1.165, 1.54) is 57.4 Å². The van der Waals surface area contributed by atoms with Crippen LogP contribution in [0.3, 0.4) is 0 Å². The first-order chi connectivity index (χ1) is 11.3. The number of ether oxygens (including phenoxy) is 2. The van der Waals surface area contributed by atoms with Crippen LogP contribution < -0.4 is 9.47 Å². The van der Waals surface area contributed by atoms with Crippen molar-refractivity contribution in [3.8, 4) is 11.5 Å². The number of piperidine rings is 1. The van der Waals surface area contributed by atoms with Gasteiger partial charge in [0.05, 0.1) is 7.11 Å². The molecule has 1 unspecified atom stereocenters. The molecule has 0 radical (unpaired) electrons. The summed E-state index contributed by atoms with van der Waals surface area (Å²) in [6.07, 6.45) is 6.24. The second kappa shape index (κ2) is 6.33. The molecule has 0 N–H and O–H groups in total. The Morgan fingerprint density at radius 1 is 1.04 bits per heavy atom. The van der Waals surface area contributed by atoms with Gasteiger partial charge in [-0.2, -0.15) is 0 Å². The topological polar surface area (TPSA) is 24.9 Å². The molecule has 3 aliphatic heterocycles.